The summed E-state index contributed by atoms with van der Waals surface area (Å²) in [6, 6.07) is 8.57. The SMILES string of the molecule is O=S(=O)(c1ccccc1)N1CCO[C@H]2CC[C@H]1[C@H]2OCC1CC1. The van der Waals surface area contributed by atoms with E-state index < -0.39 is 10.0 Å². The van der Waals surface area contributed by atoms with Crippen molar-refractivity contribution in [3.63, 3.8) is 0 Å². The molecule has 2 aliphatic carbocycles. The maximum Gasteiger partial charge on any atom is 0.243 e. The predicted molar refractivity (Wildman–Crippen MR) is 85.6 cm³/mol. The first-order valence-corrected chi connectivity index (χ1v) is 9.90. The highest BCUT2D eigenvalue weighted by Crippen LogP contribution is 2.37. The van der Waals surface area contributed by atoms with Gasteiger partial charge < -0.3 is 9.47 Å². The first-order valence-electron chi connectivity index (χ1n) is 8.46. The average molecular weight is 337 g/mol. The van der Waals surface area contributed by atoms with Gasteiger partial charge in [0.05, 0.1) is 23.6 Å². The van der Waals surface area contributed by atoms with Gasteiger partial charge >= 0.3 is 0 Å². The normalized spacial score (nSPS) is 31.9. The zero-order valence-electron chi connectivity index (χ0n) is 13.1. The van der Waals surface area contributed by atoms with Crippen molar-refractivity contribution in [2.45, 2.75) is 48.8 Å². The molecule has 3 aliphatic rings. The summed E-state index contributed by atoms with van der Waals surface area (Å²) in [7, 11) is -3.50. The lowest BCUT2D eigenvalue weighted by Crippen LogP contribution is -2.46. The van der Waals surface area contributed by atoms with E-state index in [-0.39, 0.29) is 18.2 Å². The van der Waals surface area contributed by atoms with Crippen LogP contribution in [0.15, 0.2) is 35.2 Å². The number of nitrogens with zero attached hydrogens (tertiary/aromatic N) is 1. The molecule has 0 aromatic heterocycles. The Kier molecular flexibility index (Phi) is 4.17. The quantitative estimate of drug-likeness (QED) is 0.825. The molecular formula is C17H23NO4S. The number of sulfonamides is 1. The molecule has 1 heterocycles. The minimum absolute atomic E-state index is 0.0368. The van der Waals surface area contributed by atoms with E-state index in [4.69, 9.17) is 9.47 Å². The predicted octanol–water partition coefficient (Wildman–Crippen LogP) is 2.03. The second kappa shape index (κ2) is 6.16. The molecule has 1 aromatic carbocycles. The molecule has 6 heteroatoms. The van der Waals surface area contributed by atoms with Crippen LogP contribution in [0.4, 0.5) is 0 Å². The van der Waals surface area contributed by atoms with E-state index in [1.807, 2.05) is 6.07 Å². The van der Waals surface area contributed by atoms with E-state index in [0.717, 1.165) is 19.4 Å². The molecule has 0 N–H and O–H groups in total. The number of hydrogen-bond acceptors (Lipinski definition) is 4. The van der Waals surface area contributed by atoms with Crippen LogP contribution in [-0.2, 0) is 19.5 Å². The summed E-state index contributed by atoms with van der Waals surface area (Å²) in [5.74, 6) is 0.664. The van der Waals surface area contributed by atoms with Crippen LogP contribution in [-0.4, -0.2) is 50.7 Å². The van der Waals surface area contributed by atoms with Crippen molar-refractivity contribution in [2.75, 3.05) is 19.8 Å². The molecule has 0 spiro atoms. The highest BCUT2D eigenvalue weighted by molar-refractivity contribution is 7.89. The minimum Gasteiger partial charge on any atom is -0.374 e. The molecular weight excluding hydrogens is 314 g/mol. The lowest BCUT2D eigenvalue weighted by atomic mass is 10.2. The van der Waals surface area contributed by atoms with Crippen LogP contribution < -0.4 is 0 Å². The topological polar surface area (TPSA) is 55.8 Å². The lowest BCUT2D eigenvalue weighted by molar-refractivity contribution is -0.0542. The van der Waals surface area contributed by atoms with E-state index in [1.54, 1.807) is 28.6 Å². The van der Waals surface area contributed by atoms with Gasteiger partial charge in [0.2, 0.25) is 10.0 Å². The molecule has 0 radical (unpaired) electrons. The second-order valence-electron chi connectivity index (χ2n) is 6.72. The zero-order valence-corrected chi connectivity index (χ0v) is 14.0. The van der Waals surface area contributed by atoms with Crippen LogP contribution in [0, 0.1) is 5.92 Å². The molecule has 23 heavy (non-hydrogen) atoms. The Morgan fingerprint density at radius 1 is 1.13 bits per heavy atom. The average Bonchev–Trinajstić information content (AvgIpc) is 3.31. The van der Waals surface area contributed by atoms with Crippen molar-refractivity contribution in [1.29, 1.82) is 0 Å². The smallest absolute Gasteiger partial charge is 0.243 e. The molecule has 1 aliphatic heterocycles. The Balaban J connectivity index is 1.59. The molecule has 1 saturated heterocycles. The number of hydrogen-bond donors (Lipinski definition) is 0. The van der Waals surface area contributed by atoms with Crippen molar-refractivity contribution in [2.24, 2.45) is 5.92 Å². The molecule has 0 unspecified atom stereocenters. The van der Waals surface area contributed by atoms with Crippen molar-refractivity contribution >= 4 is 10.0 Å². The number of benzene rings is 1. The summed E-state index contributed by atoms with van der Waals surface area (Å²) in [4.78, 5) is 0.353. The van der Waals surface area contributed by atoms with E-state index in [0.29, 0.717) is 24.0 Å². The molecule has 5 nitrogen and oxygen atoms in total. The third-order valence-electron chi connectivity index (χ3n) is 5.08. The zero-order chi connectivity index (χ0) is 15.9. The van der Waals surface area contributed by atoms with Crippen LogP contribution in [0.3, 0.4) is 0 Å². The maximum atomic E-state index is 13.0. The van der Waals surface area contributed by atoms with Gasteiger partial charge in [0.25, 0.3) is 0 Å². The number of ether oxygens (including phenoxy) is 2. The van der Waals surface area contributed by atoms with Crippen molar-refractivity contribution in [3.8, 4) is 0 Å². The van der Waals surface area contributed by atoms with Gasteiger partial charge in [-0.2, -0.15) is 4.31 Å². The fourth-order valence-electron chi connectivity index (χ4n) is 3.63. The Morgan fingerprint density at radius 2 is 1.91 bits per heavy atom. The van der Waals surface area contributed by atoms with Gasteiger partial charge in [-0.05, 0) is 43.7 Å². The fraction of sp³-hybridized carbons (Fsp3) is 0.647. The molecule has 4 rings (SSSR count). The monoisotopic (exact) mass is 337 g/mol. The second-order valence-corrected chi connectivity index (χ2v) is 8.61. The van der Waals surface area contributed by atoms with Gasteiger partial charge in [0, 0.05) is 13.2 Å². The van der Waals surface area contributed by atoms with Crippen molar-refractivity contribution < 1.29 is 17.9 Å². The largest absolute Gasteiger partial charge is 0.374 e. The molecule has 126 valence electrons. The third kappa shape index (κ3) is 3.05. The van der Waals surface area contributed by atoms with Crippen LogP contribution in [0.1, 0.15) is 25.7 Å². The highest BCUT2D eigenvalue weighted by atomic mass is 32.2. The van der Waals surface area contributed by atoms with Crippen molar-refractivity contribution in [1.82, 2.24) is 4.31 Å². The minimum atomic E-state index is -3.50. The third-order valence-corrected chi connectivity index (χ3v) is 7.02. The van der Waals surface area contributed by atoms with Gasteiger partial charge in [-0.25, -0.2) is 8.42 Å². The van der Waals surface area contributed by atoms with Crippen LogP contribution in [0.5, 0.6) is 0 Å². The van der Waals surface area contributed by atoms with Crippen molar-refractivity contribution in [3.05, 3.63) is 30.3 Å². The fourth-order valence-corrected chi connectivity index (χ4v) is 5.30. The van der Waals surface area contributed by atoms with Gasteiger partial charge in [-0.15, -0.1) is 0 Å². The van der Waals surface area contributed by atoms with Crippen LogP contribution in [0.2, 0.25) is 0 Å². The summed E-state index contributed by atoms with van der Waals surface area (Å²) in [5.41, 5.74) is 0. The highest BCUT2D eigenvalue weighted by Gasteiger charge is 2.47. The Bertz CT molecular complexity index is 644. The molecule has 3 fully saturated rings. The van der Waals surface area contributed by atoms with Crippen LogP contribution in [0.25, 0.3) is 0 Å². The van der Waals surface area contributed by atoms with Crippen LogP contribution >= 0.6 is 0 Å². The Morgan fingerprint density at radius 3 is 2.65 bits per heavy atom. The maximum absolute atomic E-state index is 13.0. The Hall–Kier alpha value is -0.950. The number of fused-ring (bicyclic) bond motifs is 2. The van der Waals surface area contributed by atoms with Gasteiger partial charge in [-0.1, -0.05) is 18.2 Å². The first-order chi connectivity index (χ1) is 11.2. The van der Waals surface area contributed by atoms with Gasteiger partial charge in [-0.3, -0.25) is 0 Å². The van der Waals surface area contributed by atoms with Gasteiger partial charge in [0.15, 0.2) is 0 Å². The standard InChI is InChI=1S/C17H23NO4S/c19-23(20,14-4-2-1-3-5-14)18-10-11-21-16-9-8-15(18)17(16)22-12-13-6-7-13/h1-5,13,15-17H,6-12H2/t15-,16-,17+/m0/s1. The van der Waals surface area contributed by atoms with E-state index in [9.17, 15) is 8.42 Å². The summed E-state index contributed by atoms with van der Waals surface area (Å²) in [5, 5.41) is 0. The first kappa shape index (κ1) is 15.6. The molecule has 3 atom stereocenters. The molecule has 2 bridgehead atoms. The van der Waals surface area contributed by atoms with Gasteiger partial charge in [0.1, 0.15) is 6.10 Å². The summed E-state index contributed by atoms with van der Waals surface area (Å²) in [6.45, 7) is 1.58. The summed E-state index contributed by atoms with van der Waals surface area (Å²) < 4.78 is 39.7. The molecule has 2 saturated carbocycles. The molecule has 0 amide bonds. The number of rotatable bonds is 5. The van der Waals surface area contributed by atoms with E-state index in [1.165, 1.54) is 12.8 Å². The van der Waals surface area contributed by atoms with E-state index >= 15 is 0 Å². The molecule has 1 aromatic rings. The lowest BCUT2D eigenvalue weighted by Gasteiger charge is -2.30. The summed E-state index contributed by atoms with van der Waals surface area (Å²) >= 11 is 0. The Labute approximate surface area is 137 Å². The van der Waals surface area contributed by atoms with E-state index in [2.05, 4.69) is 0 Å². The summed E-state index contributed by atoms with van der Waals surface area (Å²) in [6.07, 6.45) is 4.06.